The highest BCUT2D eigenvalue weighted by molar-refractivity contribution is 5.50. The molecule has 0 radical (unpaired) electrons. The summed E-state index contributed by atoms with van der Waals surface area (Å²) in [4.78, 5) is 0. The molecule has 8 nitrogen and oxygen atoms in total. The monoisotopic (exact) mass is 435 g/mol. The normalized spacial score (nSPS) is 10.1. The van der Waals surface area contributed by atoms with Crippen LogP contribution in [0, 0.1) is 0 Å². The number of para-hydroxylation sites is 1. The molecule has 0 saturated heterocycles. The Hall–Kier alpha value is -2.77. The highest BCUT2D eigenvalue weighted by Gasteiger charge is 2.10. The van der Waals surface area contributed by atoms with Crippen molar-refractivity contribution >= 4 is 0 Å². The molecule has 0 unspecified atom stereocenters. The van der Waals surface area contributed by atoms with Crippen molar-refractivity contribution in [3.8, 4) is 28.9 Å². The number of phenols is 1. The lowest BCUT2D eigenvalue weighted by atomic mass is 10.2. The lowest BCUT2D eigenvalue weighted by Gasteiger charge is -2.14. The van der Waals surface area contributed by atoms with Gasteiger partial charge in [-0.3, -0.25) is 0 Å². The molecule has 0 amide bonds. The first-order chi connectivity index (χ1) is 15.2. The minimum Gasteiger partial charge on any atom is -0.504 e. The van der Waals surface area contributed by atoms with Crippen LogP contribution in [0.3, 0.4) is 0 Å². The van der Waals surface area contributed by atoms with Crippen LogP contribution in [0.25, 0.3) is 0 Å². The summed E-state index contributed by atoms with van der Waals surface area (Å²) in [5, 5.41) is 20.3. The number of nitrogens with zero attached hydrogens (tertiary/aromatic N) is 3. The van der Waals surface area contributed by atoms with E-state index in [0.29, 0.717) is 36.3 Å². The van der Waals surface area contributed by atoms with Gasteiger partial charge >= 0.3 is 0 Å². The molecule has 1 aromatic carbocycles. The van der Waals surface area contributed by atoms with Gasteiger partial charge in [0.25, 0.3) is 5.88 Å². The quantitative estimate of drug-likeness (QED) is 0.405. The number of aromatic hydroxyl groups is 1. The van der Waals surface area contributed by atoms with Gasteiger partial charge in [0.15, 0.2) is 11.5 Å². The number of phenolic OH excluding ortho intramolecular Hbond substituents is 1. The molecule has 174 valence electrons. The van der Waals surface area contributed by atoms with Crippen LogP contribution in [0.4, 0.5) is 0 Å². The van der Waals surface area contributed by atoms with Crippen LogP contribution >= 0.6 is 0 Å². The van der Waals surface area contributed by atoms with Gasteiger partial charge in [-0.15, -0.1) is 5.10 Å². The summed E-state index contributed by atoms with van der Waals surface area (Å²) in [6, 6.07) is 5.30. The molecule has 0 fully saturated rings. The largest absolute Gasteiger partial charge is 0.504 e. The Kier molecular flexibility index (Phi) is 14.4. The fourth-order valence-electron chi connectivity index (χ4n) is 2.71. The summed E-state index contributed by atoms with van der Waals surface area (Å²) < 4.78 is 21.1. The second kappa shape index (κ2) is 17.0. The minimum atomic E-state index is 0.163. The van der Waals surface area contributed by atoms with E-state index in [0.717, 1.165) is 19.3 Å². The Morgan fingerprint density at radius 3 is 2.06 bits per heavy atom. The molecule has 8 heteroatoms. The van der Waals surface area contributed by atoms with Gasteiger partial charge in [0.2, 0.25) is 11.5 Å². The number of methoxy groups -OCH3 is 2. The first-order valence-corrected chi connectivity index (χ1v) is 11.0. The molecule has 0 atom stereocenters. The van der Waals surface area contributed by atoms with Gasteiger partial charge in [-0.2, -0.15) is 0 Å². The van der Waals surface area contributed by atoms with Crippen molar-refractivity contribution in [2.45, 2.75) is 65.2 Å². The van der Waals surface area contributed by atoms with E-state index in [1.165, 1.54) is 52.5 Å². The second-order valence-electron chi connectivity index (χ2n) is 6.93. The Labute approximate surface area is 185 Å². The Balaban J connectivity index is 0.000000399. The van der Waals surface area contributed by atoms with Crippen LogP contribution in [0.15, 0.2) is 24.4 Å². The summed E-state index contributed by atoms with van der Waals surface area (Å²) >= 11 is 0. The predicted molar refractivity (Wildman–Crippen MR) is 120 cm³/mol. The van der Waals surface area contributed by atoms with Gasteiger partial charge in [-0.25, -0.2) is 0 Å². The first-order valence-electron chi connectivity index (χ1n) is 11.0. The van der Waals surface area contributed by atoms with E-state index >= 15 is 0 Å². The second-order valence-corrected chi connectivity index (χ2v) is 6.93. The lowest BCUT2D eigenvalue weighted by Crippen LogP contribution is -2.03. The van der Waals surface area contributed by atoms with Crippen molar-refractivity contribution in [1.29, 1.82) is 0 Å². The maximum atomic E-state index is 9.93. The molecule has 31 heavy (non-hydrogen) atoms. The number of unbranched alkanes of at least 4 members (excludes halogenated alkanes) is 6. The number of aromatic nitrogens is 3. The molecule has 1 heterocycles. The van der Waals surface area contributed by atoms with Crippen molar-refractivity contribution in [1.82, 2.24) is 15.4 Å². The smallest absolute Gasteiger partial charge is 0.279 e. The van der Waals surface area contributed by atoms with Crippen LogP contribution in [0.5, 0.6) is 28.9 Å². The van der Waals surface area contributed by atoms with Gasteiger partial charge in [0.05, 0.1) is 33.6 Å². The van der Waals surface area contributed by atoms with Crippen LogP contribution in [0.1, 0.15) is 65.2 Å². The van der Waals surface area contributed by atoms with Crippen molar-refractivity contribution in [3.05, 3.63) is 24.4 Å². The van der Waals surface area contributed by atoms with Crippen LogP contribution in [-0.4, -0.2) is 48.0 Å². The van der Waals surface area contributed by atoms with E-state index in [9.17, 15) is 5.11 Å². The van der Waals surface area contributed by atoms with Gasteiger partial charge in [-0.1, -0.05) is 63.5 Å². The zero-order chi connectivity index (χ0) is 22.7. The molecule has 0 aliphatic carbocycles. The first kappa shape index (κ1) is 26.3. The Bertz CT molecular complexity index is 692. The highest BCUT2D eigenvalue weighted by Crippen LogP contribution is 2.36. The van der Waals surface area contributed by atoms with E-state index < -0.39 is 0 Å². The molecular formula is C23H37N3O5. The zero-order valence-electron chi connectivity index (χ0n) is 19.3. The van der Waals surface area contributed by atoms with Crippen molar-refractivity contribution in [2.75, 3.05) is 27.4 Å². The number of rotatable bonds is 14. The lowest BCUT2D eigenvalue weighted by molar-refractivity contribution is 0.249. The molecule has 0 spiro atoms. The third-order valence-corrected chi connectivity index (χ3v) is 4.44. The summed E-state index contributed by atoms with van der Waals surface area (Å²) in [7, 11) is 3.01. The summed E-state index contributed by atoms with van der Waals surface area (Å²) in [6.45, 7) is 5.69. The molecule has 1 aromatic heterocycles. The molecular weight excluding hydrogens is 398 g/mol. The van der Waals surface area contributed by atoms with Crippen LogP contribution in [0.2, 0.25) is 0 Å². The predicted octanol–water partition coefficient (Wildman–Crippen LogP) is 5.20. The standard InChI is InChI=1S/C18H30O3.C5H7N3O2/c1-3-5-7-9-14-20-17-13-11-12-16(19)18(17)21-15-10-8-6-4-2;1-9-4-3-6-8-7-5(4)10-2/h11-13,19H,3-10,14-15H2,1-2H3;3H,1-2H3. The highest BCUT2D eigenvalue weighted by atomic mass is 16.5. The molecule has 1 N–H and O–H groups in total. The number of hydrogen-bond donors (Lipinski definition) is 1. The van der Waals surface area contributed by atoms with E-state index in [2.05, 4.69) is 29.3 Å². The minimum absolute atomic E-state index is 0.163. The average molecular weight is 436 g/mol. The SMILES string of the molecule is CCCCCCOc1cccc(O)c1OCCCCCC.COc1cnnnc1OC. The Morgan fingerprint density at radius 1 is 0.806 bits per heavy atom. The third kappa shape index (κ3) is 10.7. The number of hydrogen-bond acceptors (Lipinski definition) is 8. The van der Waals surface area contributed by atoms with E-state index in [4.69, 9.17) is 18.9 Å². The topological polar surface area (TPSA) is 95.8 Å². The maximum Gasteiger partial charge on any atom is 0.279 e. The van der Waals surface area contributed by atoms with Gasteiger partial charge < -0.3 is 24.1 Å². The third-order valence-electron chi connectivity index (χ3n) is 4.44. The molecule has 0 bridgehead atoms. The Morgan fingerprint density at radius 2 is 1.48 bits per heavy atom. The summed E-state index contributed by atoms with van der Waals surface area (Å²) in [6.07, 6.45) is 10.7. The van der Waals surface area contributed by atoms with E-state index in [1.807, 2.05) is 6.07 Å². The fraction of sp³-hybridized carbons (Fsp3) is 0.609. The van der Waals surface area contributed by atoms with E-state index in [1.54, 1.807) is 12.1 Å². The van der Waals surface area contributed by atoms with Crippen LogP contribution < -0.4 is 18.9 Å². The number of ether oxygens (including phenoxy) is 4. The maximum absolute atomic E-state index is 9.93. The van der Waals surface area contributed by atoms with Gasteiger partial charge in [0, 0.05) is 0 Å². The zero-order valence-corrected chi connectivity index (χ0v) is 19.3. The molecule has 2 rings (SSSR count). The van der Waals surface area contributed by atoms with Crippen molar-refractivity contribution in [3.63, 3.8) is 0 Å². The molecule has 2 aromatic rings. The summed E-state index contributed by atoms with van der Waals surface area (Å²) in [5.41, 5.74) is 0. The average Bonchev–Trinajstić information content (AvgIpc) is 2.80. The molecule has 0 saturated carbocycles. The van der Waals surface area contributed by atoms with Crippen molar-refractivity contribution < 1.29 is 24.1 Å². The molecule has 0 aliphatic heterocycles. The van der Waals surface area contributed by atoms with Gasteiger partial charge in [-0.05, 0) is 30.2 Å². The van der Waals surface area contributed by atoms with Crippen molar-refractivity contribution in [2.24, 2.45) is 0 Å². The molecule has 0 aliphatic rings. The summed E-state index contributed by atoms with van der Waals surface area (Å²) in [5.74, 6) is 2.14. The number of benzene rings is 1. The fourth-order valence-corrected chi connectivity index (χ4v) is 2.71. The van der Waals surface area contributed by atoms with Crippen LogP contribution in [-0.2, 0) is 0 Å². The van der Waals surface area contributed by atoms with E-state index in [-0.39, 0.29) is 5.75 Å². The van der Waals surface area contributed by atoms with Gasteiger partial charge in [0.1, 0.15) is 0 Å².